The summed E-state index contributed by atoms with van der Waals surface area (Å²) in [4.78, 5) is 50.8. The first-order valence-corrected chi connectivity index (χ1v) is 15.9. The molecule has 2 aromatic rings. The molecule has 0 aromatic heterocycles. The summed E-state index contributed by atoms with van der Waals surface area (Å²) in [7, 11) is 3.52. The third-order valence-corrected chi connectivity index (χ3v) is 6.60. The number of nitrogens with one attached hydrogen (secondary N) is 2. The van der Waals surface area contributed by atoms with Crippen LogP contribution in [0.3, 0.4) is 0 Å². The summed E-state index contributed by atoms with van der Waals surface area (Å²) in [6.07, 6.45) is 7.16. The number of fused-ring (bicyclic) bond motifs is 1. The molecule has 0 unspecified atom stereocenters. The van der Waals surface area contributed by atoms with Crippen molar-refractivity contribution in [1.29, 1.82) is 0 Å². The highest BCUT2D eigenvalue weighted by molar-refractivity contribution is 6.02. The number of hydrogen-bond donors (Lipinski definition) is 3. The number of rotatable bonds is 14. The number of amides is 2. The predicted molar refractivity (Wildman–Crippen MR) is 201 cm³/mol. The fraction of sp³-hybridized carbons (Fsp3) is 0.500. The first-order valence-electron chi connectivity index (χ1n) is 15.9. The van der Waals surface area contributed by atoms with E-state index < -0.39 is 17.7 Å². The zero-order chi connectivity index (χ0) is 35.2. The Balaban J connectivity index is 0. The Labute approximate surface area is 294 Å². The maximum Gasteiger partial charge on any atom is 0.412 e. The van der Waals surface area contributed by atoms with Gasteiger partial charge in [-0.15, -0.1) is 0 Å². The number of carboxylic acids is 1. The average molecular weight is 685 g/mol. The van der Waals surface area contributed by atoms with Gasteiger partial charge in [0, 0.05) is 31.5 Å². The number of esters is 1. The number of methoxy groups -OCH3 is 1. The van der Waals surface area contributed by atoms with Crippen molar-refractivity contribution in [3.05, 3.63) is 66.7 Å². The lowest BCUT2D eigenvalue weighted by Crippen LogP contribution is -2.27. The standard InChI is InChI=1S/C16H22N2O2.C14H18N2O3.C6H12O2.2CH4/c1-18(10-5-8-16(19)20-2)11-9-14-12-13-6-3-4-7-15(13)17-14;1-5-12(17)15-10-8-6-7-9-11(10)16-13(18)19-14(2,3)4;1-2-3-4-5-6(7)8;;/h3-4,6-7H,5,8-12H2,1-2H3;5-9H,1H2,2-4H3,(H,15,17)(H,16,18);2-5H2,1H3,(H,7,8);2*1H4. The molecular weight excluding hydrogens is 624 g/mol. The van der Waals surface area contributed by atoms with Crippen molar-refractivity contribution in [2.45, 2.75) is 99.5 Å². The van der Waals surface area contributed by atoms with Crippen LogP contribution in [0.2, 0.25) is 0 Å². The summed E-state index contributed by atoms with van der Waals surface area (Å²) >= 11 is 0. The van der Waals surface area contributed by atoms with E-state index in [1.54, 1.807) is 45.0 Å². The highest BCUT2D eigenvalue weighted by atomic mass is 16.6. The second-order valence-corrected chi connectivity index (χ2v) is 11.9. The summed E-state index contributed by atoms with van der Waals surface area (Å²) in [6, 6.07) is 15.2. The largest absolute Gasteiger partial charge is 0.481 e. The number of para-hydroxylation sites is 3. The van der Waals surface area contributed by atoms with Gasteiger partial charge in [0.15, 0.2) is 0 Å². The number of hydrogen-bond acceptors (Lipinski definition) is 8. The SMILES string of the molecule is C.C.C=CC(=O)Nc1ccccc1NC(=O)OC(C)(C)C.CCCCCC(=O)O.COC(=O)CCCN(C)CCC1=Nc2ccccc2C1. The van der Waals surface area contributed by atoms with Crippen LogP contribution in [0.5, 0.6) is 0 Å². The first-order chi connectivity index (χ1) is 22.3. The molecule has 11 nitrogen and oxygen atoms in total. The fourth-order valence-electron chi connectivity index (χ4n) is 4.20. The summed E-state index contributed by atoms with van der Waals surface area (Å²) in [6.45, 7) is 12.6. The van der Waals surface area contributed by atoms with Gasteiger partial charge in [0.25, 0.3) is 0 Å². The Morgan fingerprint density at radius 2 is 1.55 bits per heavy atom. The molecule has 0 saturated heterocycles. The molecule has 3 N–H and O–H groups in total. The number of nitrogens with zero attached hydrogens (tertiary/aromatic N) is 2. The molecule has 1 aliphatic rings. The number of carboxylic acid groups (broad SMARTS) is 1. The third kappa shape index (κ3) is 21.9. The van der Waals surface area contributed by atoms with Crippen LogP contribution in [-0.4, -0.2) is 72.5 Å². The van der Waals surface area contributed by atoms with Crippen molar-refractivity contribution in [2.75, 3.05) is 37.9 Å². The lowest BCUT2D eigenvalue weighted by molar-refractivity contribution is -0.141. The van der Waals surface area contributed by atoms with Gasteiger partial charge in [0.2, 0.25) is 5.91 Å². The van der Waals surface area contributed by atoms with Crippen LogP contribution in [0, 0.1) is 0 Å². The van der Waals surface area contributed by atoms with E-state index in [1.165, 1.54) is 18.4 Å². The maximum atomic E-state index is 11.7. The second-order valence-electron chi connectivity index (χ2n) is 11.9. The third-order valence-electron chi connectivity index (χ3n) is 6.60. The summed E-state index contributed by atoms with van der Waals surface area (Å²) < 4.78 is 9.78. The predicted octanol–water partition coefficient (Wildman–Crippen LogP) is 8.67. The second kappa shape index (κ2) is 25.5. The summed E-state index contributed by atoms with van der Waals surface area (Å²) in [5.74, 6) is -1.16. The zero-order valence-corrected chi connectivity index (χ0v) is 28.8. The Hall–Kier alpha value is -4.51. The zero-order valence-electron chi connectivity index (χ0n) is 28.8. The van der Waals surface area contributed by atoms with Gasteiger partial charge in [-0.3, -0.25) is 24.7 Å². The van der Waals surface area contributed by atoms with Gasteiger partial charge in [-0.25, -0.2) is 4.79 Å². The number of aliphatic carboxylic acids is 1. The number of carbonyl (C=O) groups is 4. The molecule has 0 saturated carbocycles. The van der Waals surface area contributed by atoms with Crippen molar-refractivity contribution in [3.63, 3.8) is 0 Å². The number of anilines is 2. The molecule has 49 heavy (non-hydrogen) atoms. The molecule has 1 aliphatic heterocycles. The van der Waals surface area contributed by atoms with Crippen LogP contribution in [0.4, 0.5) is 21.9 Å². The van der Waals surface area contributed by atoms with Gasteiger partial charge < -0.3 is 24.8 Å². The van der Waals surface area contributed by atoms with E-state index in [0.29, 0.717) is 24.2 Å². The number of carbonyl (C=O) groups excluding carboxylic acids is 3. The van der Waals surface area contributed by atoms with E-state index in [0.717, 1.165) is 63.4 Å². The molecule has 0 fully saturated rings. The van der Waals surface area contributed by atoms with Gasteiger partial charge in [-0.1, -0.05) is 71.5 Å². The molecule has 274 valence electrons. The lowest BCUT2D eigenvalue weighted by atomic mass is 10.1. The Morgan fingerprint density at radius 1 is 0.939 bits per heavy atom. The van der Waals surface area contributed by atoms with Crippen molar-refractivity contribution in [2.24, 2.45) is 4.99 Å². The molecular formula is C38H60N4O7. The molecule has 3 rings (SSSR count). The molecule has 0 aliphatic carbocycles. The number of benzene rings is 2. The van der Waals surface area contributed by atoms with Crippen LogP contribution >= 0.6 is 0 Å². The molecule has 1 heterocycles. The fourth-order valence-corrected chi connectivity index (χ4v) is 4.20. The van der Waals surface area contributed by atoms with Crippen LogP contribution in [0.25, 0.3) is 0 Å². The van der Waals surface area contributed by atoms with E-state index >= 15 is 0 Å². The average Bonchev–Trinajstić information content (AvgIpc) is 3.44. The van der Waals surface area contributed by atoms with E-state index in [-0.39, 0.29) is 26.7 Å². The number of unbranched alkanes of at least 4 members (excludes halogenated alkanes) is 2. The Bertz CT molecular complexity index is 1340. The lowest BCUT2D eigenvalue weighted by Gasteiger charge is -2.20. The monoisotopic (exact) mass is 684 g/mol. The Kier molecular flexibility index (Phi) is 24.3. The molecule has 0 spiro atoms. The topological polar surface area (TPSA) is 147 Å². The van der Waals surface area contributed by atoms with Gasteiger partial charge in [0.1, 0.15) is 5.60 Å². The van der Waals surface area contributed by atoms with E-state index in [4.69, 9.17) is 9.84 Å². The van der Waals surface area contributed by atoms with Crippen molar-refractivity contribution in [1.82, 2.24) is 4.90 Å². The minimum Gasteiger partial charge on any atom is -0.481 e. The molecule has 0 atom stereocenters. The normalized spacial score (nSPS) is 11.0. The Morgan fingerprint density at radius 3 is 2.10 bits per heavy atom. The van der Waals surface area contributed by atoms with Crippen LogP contribution < -0.4 is 10.6 Å². The van der Waals surface area contributed by atoms with Crippen LogP contribution in [0.15, 0.2) is 66.2 Å². The quantitative estimate of drug-likeness (QED) is 0.102. The molecule has 0 bridgehead atoms. The van der Waals surface area contributed by atoms with Gasteiger partial charge in [-0.2, -0.15) is 0 Å². The highest BCUT2D eigenvalue weighted by Crippen LogP contribution is 2.27. The highest BCUT2D eigenvalue weighted by Gasteiger charge is 2.17. The minimum absolute atomic E-state index is 0. The van der Waals surface area contributed by atoms with Crippen LogP contribution in [-0.2, 0) is 30.3 Å². The van der Waals surface area contributed by atoms with Gasteiger partial charge in [0.05, 0.1) is 24.2 Å². The van der Waals surface area contributed by atoms with Crippen molar-refractivity contribution < 1.29 is 33.8 Å². The van der Waals surface area contributed by atoms with Crippen molar-refractivity contribution in [3.8, 4) is 0 Å². The van der Waals surface area contributed by atoms with E-state index in [1.807, 2.05) is 6.07 Å². The van der Waals surface area contributed by atoms with Gasteiger partial charge in [-0.05, 0) is 83.5 Å². The molecule has 2 aromatic carbocycles. The summed E-state index contributed by atoms with van der Waals surface area (Å²) in [5.41, 5.74) is 4.08. The molecule has 0 radical (unpaired) electrons. The molecule has 2 amide bonds. The maximum absolute atomic E-state index is 11.7. The minimum atomic E-state index is -0.682. The van der Waals surface area contributed by atoms with E-state index in [2.05, 4.69) is 64.0 Å². The van der Waals surface area contributed by atoms with Gasteiger partial charge >= 0.3 is 18.0 Å². The molecule has 11 heteroatoms. The number of ether oxygens (including phenoxy) is 2. The summed E-state index contributed by atoms with van der Waals surface area (Å²) in [5, 5.41) is 13.3. The van der Waals surface area contributed by atoms with Crippen LogP contribution in [0.1, 0.15) is 93.1 Å². The number of aliphatic imine (C=N–C) groups is 1. The first kappa shape index (κ1) is 46.6. The van der Waals surface area contributed by atoms with E-state index in [9.17, 15) is 19.2 Å². The smallest absolute Gasteiger partial charge is 0.412 e. The van der Waals surface area contributed by atoms with Crippen molar-refractivity contribution >= 4 is 46.7 Å².